The molecule has 0 saturated carbocycles. The fourth-order valence-corrected chi connectivity index (χ4v) is 2.64. The van der Waals surface area contributed by atoms with E-state index in [0.717, 1.165) is 17.6 Å². The number of carbonyl (C=O) groups excluding carboxylic acids is 1. The molecule has 23 heavy (non-hydrogen) atoms. The topological polar surface area (TPSA) is 44.8 Å². The minimum atomic E-state index is 0.368. The van der Waals surface area contributed by atoms with Crippen molar-refractivity contribution in [3.63, 3.8) is 0 Å². The van der Waals surface area contributed by atoms with Crippen LogP contribution in [-0.4, -0.2) is 26.1 Å². The molecular formula is C18H19BrO4. The molecule has 5 heteroatoms. The first-order valence-corrected chi connectivity index (χ1v) is 8.17. The molecule has 0 aromatic heterocycles. The summed E-state index contributed by atoms with van der Waals surface area (Å²) in [5.74, 6) is 1.93. The third-order valence-corrected chi connectivity index (χ3v) is 3.64. The average molecular weight is 379 g/mol. The minimum absolute atomic E-state index is 0.368. The molecule has 0 saturated heterocycles. The highest BCUT2D eigenvalue weighted by atomic mass is 79.9. The molecule has 2 aromatic rings. The van der Waals surface area contributed by atoms with Gasteiger partial charge in [0.05, 0.1) is 11.1 Å². The van der Waals surface area contributed by atoms with Gasteiger partial charge < -0.3 is 14.2 Å². The van der Waals surface area contributed by atoms with Gasteiger partial charge in [-0.1, -0.05) is 12.1 Å². The molecule has 0 fully saturated rings. The van der Waals surface area contributed by atoms with Gasteiger partial charge in [-0.05, 0) is 59.6 Å². The van der Waals surface area contributed by atoms with Crippen molar-refractivity contribution in [1.29, 1.82) is 0 Å². The monoisotopic (exact) mass is 378 g/mol. The highest BCUT2D eigenvalue weighted by molar-refractivity contribution is 9.10. The molecule has 2 rings (SSSR count). The largest absolute Gasteiger partial charge is 0.490 e. The van der Waals surface area contributed by atoms with Gasteiger partial charge >= 0.3 is 0 Å². The number of hydrogen-bond donors (Lipinski definition) is 0. The maximum absolute atomic E-state index is 10.9. The summed E-state index contributed by atoms with van der Waals surface area (Å²) >= 11 is 3.41. The van der Waals surface area contributed by atoms with Crippen LogP contribution >= 0.6 is 15.9 Å². The maximum atomic E-state index is 10.9. The quantitative estimate of drug-likeness (QED) is 0.503. The molecule has 4 nitrogen and oxygen atoms in total. The van der Waals surface area contributed by atoms with E-state index in [4.69, 9.17) is 14.2 Å². The zero-order valence-electron chi connectivity index (χ0n) is 13.2. The molecule has 0 unspecified atom stereocenters. The van der Waals surface area contributed by atoms with Crippen molar-refractivity contribution >= 4 is 22.2 Å². The highest BCUT2D eigenvalue weighted by Gasteiger charge is 2.12. The van der Waals surface area contributed by atoms with Crippen molar-refractivity contribution in [2.75, 3.05) is 19.8 Å². The molecule has 2 aromatic carbocycles. The first-order chi connectivity index (χ1) is 11.1. The number of aryl methyl sites for hydroxylation is 1. The van der Waals surface area contributed by atoms with E-state index in [1.807, 2.05) is 38.1 Å². The average Bonchev–Trinajstić information content (AvgIpc) is 2.53. The van der Waals surface area contributed by atoms with E-state index in [2.05, 4.69) is 15.9 Å². The summed E-state index contributed by atoms with van der Waals surface area (Å²) in [6.45, 7) is 5.17. The number of halogens is 1. The molecular weight excluding hydrogens is 360 g/mol. The summed E-state index contributed by atoms with van der Waals surface area (Å²) < 4.78 is 17.6. The lowest BCUT2D eigenvalue weighted by molar-refractivity contribution is 0.112. The summed E-state index contributed by atoms with van der Waals surface area (Å²) in [7, 11) is 0. The van der Waals surface area contributed by atoms with Gasteiger partial charge in [-0.2, -0.15) is 0 Å². The Morgan fingerprint density at radius 3 is 2.57 bits per heavy atom. The predicted molar refractivity (Wildman–Crippen MR) is 92.9 cm³/mol. The molecule has 0 spiro atoms. The number of benzene rings is 2. The van der Waals surface area contributed by atoms with Crippen LogP contribution in [0.1, 0.15) is 22.8 Å². The molecule has 0 bridgehead atoms. The standard InChI is InChI=1S/C18H19BrO4/c1-3-21-17-11-14(12-20)10-16(19)18(17)23-8-7-22-15-6-4-5-13(2)9-15/h4-6,9-12H,3,7-8H2,1-2H3. The van der Waals surface area contributed by atoms with E-state index in [0.29, 0.717) is 41.4 Å². The molecule has 0 N–H and O–H groups in total. The van der Waals surface area contributed by atoms with Crippen LogP contribution < -0.4 is 14.2 Å². The van der Waals surface area contributed by atoms with Crippen LogP contribution in [0, 0.1) is 6.92 Å². The Bertz CT molecular complexity index is 670. The molecule has 0 atom stereocenters. The van der Waals surface area contributed by atoms with Crippen LogP contribution in [0.3, 0.4) is 0 Å². The summed E-state index contributed by atoms with van der Waals surface area (Å²) in [4.78, 5) is 10.9. The lowest BCUT2D eigenvalue weighted by atomic mass is 10.2. The lowest BCUT2D eigenvalue weighted by Gasteiger charge is -2.14. The smallest absolute Gasteiger partial charge is 0.175 e. The fraction of sp³-hybridized carbons (Fsp3) is 0.278. The van der Waals surface area contributed by atoms with Crippen LogP contribution in [-0.2, 0) is 0 Å². The normalized spacial score (nSPS) is 10.2. The van der Waals surface area contributed by atoms with Crippen molar-refractivity contribution in [2.24, 2.45) is 0 Å². The summed E-state index contributed by atoms with van der Waals surface area (Å²) in [5.41, 5.74) is 1.68. The van der Waals surface area contributed by atoms with Gasteiger partial charge in [-0.15, -0.1) is 0 Å². The fourth-order valence-electron chi connectivity index (χ4n) is 2.07. The lowest BCUT2D eigenvalue weighted by Crippen LogP contribution is -2.10. The van der Waals surface area contributed by atoms with Gasteiger partial charge in [0, 0.05) is 5.56 Å². The first-order valence-electron chi connectivity index (χ1n) is 7.37. The van der Waals surface area contributed by atoms with Crippen molar-refractivity contribution in [3.8, 4) is 17.2 Å². The Kier molecular flexibility index (Phi) is 6.47. The summed E-state index contributed by atoms with van der Waals surface area (Å²) in [6.07, 6.45) is 0.776. The number of aldehydes is 1. The molecule has 0 amide bonds. The second-order valence-corrected chi connectivity index (χ2v) is 5.75. The Balaban J connectivity index is 1.98. The number of rotatable bonds is 8. The molecule has 0 aliphatic carbocycles. The second-order valence-electron chi connectivity index (χ2n) is 4.89. The van der Waals surface area contributed by atoms with Gasteiger partial charge in [-0.25, -0.2) is 0 Å². The molecule has 0 aliphatic heterocycles. The zero-order chi connectivity index (χ0) is 16.7. The van der Waals surface area contributed by atoms with Gasteiger partial charge in [0.1, 0.15) is 25.2 Å². The third-order valence-electron chi connectivity index (χ3n) is 3.06. The van der Waals surface area contributed by atoms with Crippen LogP contribution in [0.15, 0.2) is 40.9 Å². The van der Waals surface area contributed by atoms with E-state index in [1.165, 1.54) is 0 Å². The van der Waals surface area contributed by atoms with Crippen LogP contribution in [0.2, 0.25) is 0 Å². The first kappa shape index (κ1) is 17.3. The summed E-state index contributed by atoms with van der Waals surface area (Å²) in [6, 6.07) is 11.2. The number of ether oxygens (including phenoxy) is 3. The summed E-state index contributed by atoms with van der Waals surface area (Å²) in [5, 5.41) is 0. The van der Waals surface area contributed by atoms with Gasteiger partial charge in [0.25, 0.3) is 0 Å². The Morgan fingerprint density at radius 2 is 1.87 bits per heavy atom. The maximum Gasteiger partial charge on any atom is 0.175 e. The van der Waals surface area contributed by atoms with Gasteiger partial charge in [0.2, 0.25) is 0 Å². The van der Waals surface area contributed by atoms with Crippen molar-refractivity contribution < 1.29 is 19.0 Å². The molecule has 0 heterocycles. The van der Waals surface area contributed by atoms with Gasteiger partial charge in [-0.3, -0.25) is 4.79 Å². The van der Waals surface area contributed by atoms with Crippen LogP contribution in [0.5, 0.6) is 17.2 Å². The molecule has 0 radical (unpaired) electrons. The SMILES string of the molecule is CCOc1cc(C=O)cc(Br)c1OCCOc1cccc(C)c1. The minimum Gasteiger partial charge on any atom is -0.490 e. The second kappa shape index (κ2) is 8.58. The van der Waals surface area contributed by atoms with Crippen LogP contribution in [0.4, 0.5) is 0 Å². The Labute approximate surface area is 144 Å². The van der Waals surface area contributed by atoms with E-state index in [-0.39, 0.29) is 0 Å². The van der Waals surface area contributed by atoms with Crippen LogP contribution in [0.25, 0.3) is 0 Å². The molecule has 122 valence electrons. The number of carbonyl (C=O) groups is 1. The Hall–Kier alpha value is -2.01. The zero-order valence-corrected chi connectivity index (χ0v) is 14.8. The predicted octanol–water partition coefficient (Wildman–Crippen LogP) is 4.43. The molecule has 0 aliphatic rings. The Morgan fingerprint density at radius 1 is 1.09 bits per heavy atom. The third kappa shape index (κ3) is 4.99. The van der Waals surface area contributed by atoms with E-state index < -0.39 is 0 Å². The number of hydrogen-bond acceptors (Lipinski definition) is 4. The van der Waals surface area contributed by atoms with Crippen molar-refractivity contribution in [2.45, 2.75) is 13.8 Å². The van der Waals surface area contributed by atoms with E-state index in [1.54, 1.807) is 12.1 Å². The van der Waals surface area contributed by atoms with Crippen molar-refractivity contribution in [3.05, 3.63) is 52.0 Å². The highest BCUT2D eigenvalue weighted by Crippen LogP contribution is 2.36. The van der Waals surface area contributed by atoms with E-state index in [9.17, 15) is 4.79 Å². The van der Waals surface area contributed by atoms with Gasteiger partial charge in [0.15, 0.2) is 11.5 Å². The van der Waals surface area contributed by atoms with Crippen molar-refractivity contribution in [1.82, 2.24) is 0 Å². The van der Waals surface area contributed by atoms with E-state index >= 15 is 0 Å².